The molecule has 0 radical (unpaired) electrons. The Kier molecular flexibility index (Phi) is 9.31. The molecule has 3 atom stereocenters. The Morgan fingerprint density at radius 3 is 2.18 bits per heavy atom. The zero-order valence-corrected chi connectivity index (χ0v) is 23.4. The van der Waals surface area contributed by atoms with Gasteiger partial charge in [-0.1, -0.05) is 54.1 Å². The van der Waals surface area contributed by atoms with Crippen LogP contribution in [0.15, 0.2) is 66.7 Å². The van der Waals surface area contributed by atoms with Gasteiger partial charge in [-0.15, -0.1) is 0 Å². The predicted molar refractivity (Wildman–Crippen MR) is 153 cm³/mol. The van der Waals surface area contributed by atoms with Gasteiger partial charge in [-0.2, -0.15) is 0 Å². The van der Waals surface area contributed by atoms with E-state index < -0.39 is 17.8 Å². The summed E-state index contributed by atoms with van der Waals surface area (Å²) < 4.78 is 14.9. The number of unbranched alkanes of at least 4 members (excludes halogenated alkanes) is 1. The van der Waals surface area contributed by atoms with Gasteiger partial charge < -0.3 is 14.9 Å². The highest BCUT2D eigenvalue weighted by molar-refractivity contribution is 6.02. The van der Waals surface area contributed by atoms with Crippen molar-refractivity contribution < 1.29 is 19.1 Å². The Labute approximate surface area is 231 Å². The molecule has 0 saturated carbocycles. The number of likely N-dealkylation sites (tertiary alicyclic amines) is 1. The highest BCUT2D eigenvalue weighted by Crippen LogP contribution is 2.42. The molecular formula is C33H39FN2O3. The first-order chi connectivity index (χ1) is 18.7. The number of piperidine rings is 1. The SMILES string of the molecule is Cc1ccc(C(=O)[C@@H]2CN(CCCCN(C)C)C[C@H](C(=O)c3cccc(O)c3)[C@@H]2c2cccc(F)c2C)cc1. The van der Waals surface area contributed by atoms with Gasteiger partial charge in [0.1, 0.15) is 11.6 Å². The monoisotopic (exact) mass is 530 g/mol. The third-order valence-electron chi connectivity index (χ3n) is 7.92. The lowest BCUT2D eigenvalue weighted by Crippen LogP contribution is -2.50. The molecule has 0 amide bonds. The van der Waals surface area contributed by atoms with Crippen molar-refractivity contribution in [3.8, 4) is 5.75 Å². The van der Waals surface area contributed by atoms with E-state index in [1.165, 1.54) is 18.2 Å². The summed E-state index contributed by atoms with van der Waals surface area (Å²) in [5.74, 6) is -2.10. The average molecular weight is 531 g/mol. The summed E-state index contributed by atoms with van der Waals surface area (Å²) in [6.45, 7) is 6.41. The number of aromatic hydroxyl groups is 1. The highest BCUT2D eigenvalue weighted by atomic mass is 19.1. The van der Waals surface area contributed by atoms with E-state index in [4.69, 9.17) is 0 Å². The minimum absolute atomic E-state index is 0.0166. The van der Waals surface area contributed by atoms with Crippen LogP contribution < -0.4 is 0 Å². The number of phenolic OH excluding ortho intramolecular Hbond substituents is 1. The fraction of sp³-hybridized carbons (Fsp3) is 0.394. The molecule has 5 nitrogen and oxygen atoms in total. The lowest BCUT2D eigenvalue weighted by molar-refractivity contribution is 0.0567. The molecule has 3 aromatic carbocycles. The molecule has 1 heterocycles. The molecule has 1 aliphatic heterocycles. The van der Waals surface area contributed by atoms with Crippen molar-refractivity contribution in [2.75, 3.05) is 40.3 Å². The molecule has 0 spiro atoms. The van der Waals surface area contributed by atoms with E-state index in [-0.39, 0.29) is 23.1 Å². The van der Waals surface area contributed by atoms with Gasteiger partial charge in [0.2, 0.25) is 0 Å². The number of nitrogens with zero attached hydrogens (tertiary/aromatic N) is 2. The summed E-state index contributed by atoms with van der Waals surface area (Å²) in [7, 11) is 4.10. The summed E-state index contributed by atoms with van der Waals surface area (Å²) in [5.41, 5.74) is 3.23. The summed E-state index contributed by atoms with van der Waals surface area (Å²) >= 11 is 0. The number of rotatable bonds is 10. The molecule has 206 valence electrons. The van der Waals surface area contributed by atoms with E-state index in [9.17, 15) is 19.1 Å². The van der Waals surface area contributed by atoms with Gasteiger partial charge in [0, 0.05) is 42.0 Å². The minimum atomic E-state index is -0.575. The van der Waals surface area contributed by atoms with Crippen molar-refractivity contribution in [1.82, 2.24) is 9.80 Å². The Morgan fingerprint density at radius 1 is 0.897 bits per heavy atom. The maximum Gasteiger partial charge on any atom is 0.167 e. The molecule has 6 heteroatoms. The number of ketones is 2. The molecule has 4 rings (SSSR count). The largest absolute Gasteiger partial charge is 0.508 e. The van der Waals surface area contributed by atoms with E-state index in [2.05, 4.69) is 9.80 Å². The molecule has 1 saturated heterocycles. The number of Topliss-reactive ketones (excluding diaryl/α,β-unsaturated/α-hetero) is 2. The quantitative estimate of drug-likeness (QED) is 0.262. The molecule has 0 bridgehead atoms. The number of benzene rings is 3. The minimum Gasteiger partial charge on any atom is -0.508 e. The molecular weight excluding hydrogens is 491 g/mol. The number of hydrogen-bond acceptors (Lipinski definition) is 5. The Bertz CT molecular complexity index is 1300. The van der Waals surface area contributed by atoms with Gasteiger partial charge in [0.25, 0.3) is 0 Å². The van der Waals surface area contributed by atoms with Crippen molar-refractivity contribution in [3.63, 3.8) is 0 Å². The third-order valence-corrected chi connectivity index (χ3v) is 7.92. The van der Waals surface area contributed by atoms with Gasteiger partial charge in [-0.05, 0) is 83.2 Å². The number of halogens is 1. The molecule has 39 heavy (non-hydrogen) atoms. The first-order valence-electron chi connectivity index (χ1n) is 13.7. The highest BCUT2D eigenvalue weighted by Gasteiger charge is 2.45. The van der Waals surface area contributed by atoms with Crippen LogP contribution in [0, 0.1) is 31.5 Å². The lowest BCUT2D eigenvalue weighted by Gasteiger charge is -2.43. The van der Waals surface area contributed by atoms with Gasteiger partial charge >= 0.3 is 0 Å². The van der Waals surface area contributed by atoms with Crippen LogP contribution in [0.1, 0.15) is 56.2 Å². The Balaban J connectivity index is 1.78. The van der Waals surface area contributed by atoms with Crippen molar-refractivity contribution in [3.05, 3.63) is 100 Å². The van der Waals surface area contributed by atoms with E-state index in [1.807, 2.05) is 51.4 Å². The fourth-order valence-corrected chi connectivity index (χ4v) is 5.80. The normalized spacial score (nSPS) is 19.8. The number of carbonyl (C=O) groups excluding carboxylic acids is 2. The first-order valence-corrected chi connectivity index (χ1v) is 13.7. The second-order valence-corrected chi connectivity index (χ2v) is 11.1. The van der Waals surface area contributed by atoms with E-state index in [0.29, 0.717) is 35.3 Å². The summed E-state index contributed by atoms with van der Waals surface area (Å²) in [6.07, 6.45) is 1.96. The van der Waals surface area contributed by atoms with E-state index in [1.54, 1.807) is 25.1 Å². The summed E-state index contributed by atoms with van der Waals surface area (Å²) in [4.78, 5) is 32.6. The molecule has 1 N–H and O–H groups in total. The third kappa shape index (κ3) is 6.81. The molecule has 1 aliphatic rings. The van der Waals surface area contributed by atoms with Crippen LogP contribution in [0.4, 0.5) is 4.39 Å². The number of phenols is 1. The topological polar surface area (TPSA) is 60.9 Å². The second kappa shape index (κ2) is 12.7. The average Bonchev–Trinajstić information content (AvgIpc) is 2.92. The molecule has 0 aromatic heterocycles. The van der Waals surface area contributed by atoms with Gasteiger partial charge in [-0.3, -0.25) is 9.59 Å². The summed E-state index contributed by atoms with van der Waals surface area (Å²) in [6, 6.07) is 18.8. The van der Waals surface area contributed by atoms with Crippen LogP contribution in [0.3, 0.4) is 0 Å². The Morgan fingerprint density at radius 2 is 1.54 bits per heavy atom. The standard InChI is InChI=1S/C33H39FN2O3/c1-22-13-15-24(16-14-22)32(38)28-20-36(18-6-5-17-35(3)4)21-29(33(39)25-9-7-10-26(37)19-25)31(28)27-11-8-12-30(34)23(27)2/h7-16,19,28-29,31,37H,5-6,17-18,20-21H2,1-4H3/t28-,29+,31-/m1/s1. The fourth-order valence-electron chi connectivity index (χ4n) is 5.80. The number of aryl methyl sites for hydroxylation is 1. The smallest absolute Gasteiger partial charge is 0.167 e. The Hall–Kier alpha value is -3.35. The van der Waals surface area contributed by atoms with Crippen LogP contribution in [-0.2, 0) is 0 Å². The number of carbonyl (C=O) groups is 2. The van der Waals surface area contributed by atoms with Crippen LogP contribution in [0.5, 0.6) is 5.75 Å². The van der Waals surface area contributed by atoms with Crippen molar-refractivity contribution in [2.24, 2.45) is 11.8 Å². The molecule has 0 aliphatic carbocycles. The first kappa shape index (κ1) is 28.7. The second-order valence-electron chi connectivity index (χ2n) is 11.1. The zero-order chi connectivity index (χ0) is 28.1. The van der Waals surface area contributed by atoms with Crippen molar-refractivity contribution >= 4 is 11.6 Å². The van der Waals surface area contributed by atoms with Crippen LogP contribution in [0.2, 0.25) is 0 Å². The van der Waals surface area contributed by atoms with Gasteiger partial charge in [-0.25, -0.2) is 4.39 Å². The van der Waals surface area contributed by atoms with Crippen molar-refractivity contribution in [1.29, 1.82) is 0 Å². The van der Waals surface area contributed by atoms with Crippen LogP contribution in [-0.4, -0.2) is 66.7 Å². The maximum atomic E-state index is 14.9. The molecule has 0 unspecified atom stereocenters. The van der Waals surface area contributed by atoms with Crippen LogP contribution >= 0.6 is 0 Å². The van der Waals surface area contributed by atoms with E-state index >= 15 is 0 Å². The summed E-state index contributed by atoms with van der Waals surface area (Å²) in [5, 5.41) is 10.1. The number of hydrogen-bond donors (Lipinski definition) is 1. The zero-order valence-electron chi connectivity index (χ0n) is 23.4. The molecule has 3 aromatic rings. The van der Waals surface area contributed by atoms with E-state index in [0.717, 1.165) is 31.5 Å². The lowest BCUT2D eigenvalue weighted by atomic mass is 9.67. The van der Waals surface area contributed by atoms with Crippen molar-refractivity contribution in [2.45, 2.75) is 32.6 Å². The maximum absolute atomic E-state index is 14.9. The molecule has 1 fully saturated rings. The van der Waals surface area contributed by atoms with Gasteiger partial charge in [0.05, 0.1) is 0 Å². The van der Waals surface area contributed by atoms with Crippen LogP contribution in [0.25, 0.3) is 0 Å². The predicted octanol–water partition coefficient (Wildman–Crippen LogP) is 5.89. The van der Waals surface area contributed by atoms with Gasteiger partial charge in [0.15, 0.2) is 11.6 Å².